The van der Waals surface area contributed by atoms with Crippen LogP contribution in [-0.2, 0) is 4.79 Å². The number of anilines is 1. The van der Waals surface area contributed by atoms with Gasteiger partial charge >= 0.3 is 0 Å². The van der Waals surface area contributed by atoms with Gasteiger partial charge in [-0.05, 0) is 30.4 Å². The molecule has 4 heteroatoms. The first kappa shape index (κ1) is 14.2. The number of aliphatic hydroxyl groups is 1. The van der Waals surface area contributed by atoms with Crippen molar-refractivity contribution in [1.82, 2.24) is 0 Å². The third-order valence-corrected chi connectivity index (χ3v) is 9.52. The van der Waals surface area contributed by atoms with Crippen molar-refractivity contribution in [2.24, 2.45) is 17.8 Å². The second-order valence-corrected chi connectivity index (χ2v) is 13.3. The van der Waals surface area contributed by atoms with Gasteiger partial charge in [-0.3, -0.25) is 9.69 Å². The molecule has 1 aliphatic heterocycles. The molecule has 1 heterocycles. The molecule has 4 rings (SSSR count). The lowest BCUT2D eigenvalue weighted by molar-refractivity contribution is -0.121. The van der Waals surface area contributed by atoms with Crippen molar-refractivity contribution in [3.8, 4) is 0 Å². The molecular weight excluding hydrogens is 290 g/mol. The van der Waals surface area contributed by atoms with Crippen LogP contribution in [0.1, 0.15) is 6.42 Å². The Morgan fingerprint density at radius 1 is 1.18 bits per heavy atom. The zero-order valence-electron chi connectivity index (χ0n) is 13.4. The molecule has 0 spiro atoms. The summed E-state index contributed by atoms with van der Waals surface area (Å²) >= 11 is 0. The lowest BCUT2D eigenvalue weighted by Crippen LogP contribution is -2.50. The molecule has 2 aliphatic carbocycles. The van der Waals surface area contributed by atoms with Gasteiger partial charge in [0.2, 0.25) is 5.91 Å². The van der Waals surface area contributed by atoms with Crippen molar-refractivity contribution in [2.75, 3.05) is 4.90 Å². The number of fused-ring (bicyclic) bond motifs is 5. The van der Waals surface area contributed by atoms with Gasteiger partial charge in [0.25, 0.3) is 0 Å². The first-order valence-corrected chi connectivity index (χ1v) is 11.6. The maximum absolute atomic E-state index is 13.5. The number of benzene rings is 1. The van der Waals surface area contributed by atoms with Gasteiger partial charge in [0.15, 0.2) is 0 Å². The van der Waals surface area contributed by atoms with E-state index in [4.69, 9.17) is 0 Å². The van der Waals surface area contributed by atoms with Crippen molar-refractivity contribution in [3.05, 3.63) is 42.5 Å². The van der Waals surface area contributed by atoms with Crippen LogP contribution in [-0.4, -0.2) is 25.3 Å². The summed E-state index contributed by atoms with van der Waals surface area (Å²) in [4.78, 5) is 15.2. The van der Waals surface area contributed by atoms with Gasteiger partial charge in [-0.15, -0.1) is 0 Å². The Bertz CT molecular complexity index is 651. The van der Waals surface area contributed by atoms with Crippen molar-refractivity contribution in [2.45, 2.75) is 37.3 Å². The number of rotatable bonds is 2. The molecule has 1 saturated heterocycles. The summed E-state index contributed by atoms with van der Waals surface area (Å²) in [5.41, 5.74) is 0.825. The van der Waals surface area contributed by atoms with Crippen LogP contribution in [0.2, 0.25) is 24.7 Å². The fourth-order valence-electron chi connectivity index (χ4n) is 5.39. The van der Waals surface area contributed by atoms with E-state index >= 15 is 0 Å². The standard InChI is InChI=1S/C18H23NO2Si/c1-22(2,3)18-13-10-9-12(11-13)15(18)16(20)19(17(18)21)14-7-5-4-6-8-14/h4-10,12-13,15-16,20H,11H2,1-3H3/t12-,13+,15+,16-,18-/m1/s1. The maximum Gasteiger partial charge on any atom is 0.233 e. The Kier molecular flexibility index (Phi) is 2.80. The fraction of sp³-hybridized carbons (Fsp3) is 0.500. The number of carbonyl (C=O) groups is 1. The molecule has 3 nitrogen and oxygen atoms in total. The summed E-state index contributed by atoms with van der Waals surface area (Å²) in [7, 11) is -1.81. The topological polar surface area (TPSA) is 40.5 Å². The fourth-order valence-corrected chi connectivity index (χ4v) is 8.84. The van der Waals surface area contributed by atoms with Crippen molar-refractivity contribution in [1.29, 1.82) is 0 Å². The molecule has 0 radical (unpaired) electrons. The quantitative estimate of drug-likeness (QED) is 0.672. The smallest absolute Gasteiger partial charge is 0.233 e. The van der Waals surface area contributed by atoms with Crippen LogP contribution in [0, 0.1) is 17.8 Å². The number of amides is 1. The molecule has 1 aromatic rings. The molecule has 22 heavy (non-hydrogen) atoms. The zero-order chi connectivity index (χ0) is 15.7. The molecule has 1 amide bonds. The number of allylic oxidation sites excluding steroid dienone is 2. The van der Waals surface area contributed by atoms with Gasteiger partial charge in [-0.1, -0.05) is 50.0 Å². The summed E-state index contributed by atoms with van der Waals surface area (Å²) in [6, 6.07) is 9.65. The number of hydrogen-bond acceptors (Lipinski definition) is 2. The van der Waals surface area contributed by atoms with E-state index in [-0.39, 0.29) is 16.9 Å². The van der Waals surface area contributed by atoms with Crippen molar-refractivity contribution in [3.63, 3.8) is 0 Å². The van der Waals surface area contributed by atoms with Crippen molar-refractivity contribution < 1.29 is 9.90 Å². The van der Waals surface area contributed by atoms with Crippen LogP contribution in [0.4, 0.5) is 5.69 Å². The summed E-state index contributed by atoms with van der Waals surface area (Å²) in [6.45, 7) is 6.86. The zero-order valence-corrected chi connectivity index (χ0v) is 14.4. The normalized spacial score (nSPS) is 39.6. The van der Waals surface area contributed by atoms with Crippen molar-refractivity contribution >= 4 is 19.7 Å². The highest BCUT2D eigenvalue weighted by molar-refractivity contribution is 6.83. The minimum Gasteiger partial charge on any atom is -0.373 e. The first-order valence-electron chi connectivity index (χ1n) is 8.14. The number of nitrogens with zero attached hydrogens (tertiary/aromatic N) is 1. The monoisotopic (exact) mass is 313 g/mol. The minimum atomic E-state index is -1.81. The van der Waals surface area contributed by atoms with E-state index in [0.717, 1.165) is 12.1 Å². The molecule has 1 aromatic carbocycles. The highest BCUT2D eigenvalue weighted by atomic mass is 28.3. The molecule has 0 unspecified atom stereocenters. The van der Waals surface area contributed by atoms with E-state index in [2.05, 4.69) is 31.8 Å². The summed E-state index contributed by atoms with van der Waals surface area (Å²) in [5.74, 6) is 0.878. The Morgan fingerprint density at radius 3 is 2.45 bits per heavy atom. The third-order valence-electron chi connectivity index (χ3n) is 6.12. The average molecular weight is 313 g/mol. The molecule has 3 aliphatic rings. The maximum atomic E-state index is 13.5. The number of aliphatic hydroxyl groups excluding tert-OH is 1. The highest BCUT2D eigenvalue weighted by Crippen LogP contribution is 2.70. The van der Waals surface area contributed by atoms with E-state index in [9.17, 15) is 9.90 Å². The lowest BCUT2D eigenvalue weighted by atomic mass is 9.83. The summed E-state index contributed by atoms with van der Waals surface area (Å²) in [6.07, 6.45) is 4.83. The van der Waals surface area contributed by atoms with Crippen LogP contribution in [0.15, 0.2) is 42.5 Å². The van der Waals surface area contributed by atoms with Crippen LogP contribution < -0.4 is 4.90 Å². The van der Waals surface area contributed by atoms with Gasteiger partial charge < -0.3 is 5.11 Å². The Balaban J connectivity index is 1.88. The van der Waals surface area contributed by atoms with E-state index < -0.39 is 14.3 Å². The number of hydrogen-bond donors (Lipinski definition) is 1. The summed E-state index contributed by atoms with van der Waals surface area (Å²) in [5, 5.41) is 10.7. The highest BCUT2D eigenvalue weighted by Gasteiger charge is 2.73. The SMILES string of the molecule is C[Si](C)(C)[C@@]12C(=O)N(c3ccccc3)[C@H](O)[C@@H]1[C@@H]1C=C[C@H]2C1. The molecule has 116 valence electrons. The molecule has 0 aromatic heterocycles. The van der Waals surface area contributed by atoms with Gasteiger partial charge in [0, 0.05) is 11.6 Å². The summed E-state index contributed by atoms with van der Waals surface area (Å²) < 4.78 is 0. The lowest BCUT2D eigenvalue weighted by Gasteiger charge is -2.44. The van der Waals surface area contributed by atoms with Crippen LogP contribution in [0.3, 0.4) is 0 Å². The van der Waals surface area contributed by atoms with E-state index in [1.165, 1.54) is 0 Å². The van der Waals surface area contributed by atoms with Gasteiger partial charge in [0.1, 0.15) is 6.23 Å². The van der Waals surface area contributed by atoms with E-state index in [1.54, 1.807) is 4.90 Å². The largest absolute Gasteiger partial charge is 0.373 e. The third kappa shape index (κ3) is 1.47. The van der Waals surface area contributed by atoms with Gasteiger partial charge in [-0.25, -0.2) is 0 Å². The van der Waals surface area contributed by atoms with Crippen LogP contribution in [0.5, 0.6) is 0 Å². The molecule has 1 saturated carbocycles. The predicted molar refractivity (Wildman–Crippen MR) is 90.2 cm³/mol. The second-order valence-electron chi connectivity index (χ2n) is 7.96. The van der Waals surface area contributed by atoms with Gasteiger partial charge in [0.05, 0.1) is 13.1 Å². The molecule has 2 bridgehead atoms. The number of carbonyl (C=O) groups excluding carboxylic acids is 1. The first-order chi connectivity index (χ1) is 10.4. The predicted octanol–water partition coefficient (Wildman–Crippen LogP) is 3.25. The Hall–Kier alpha value is -1.39. The molecular formula is C18H23NO2Si. The molecule has 2 fully saturated rings. The van der Waals surface area contributed by atoms with Crippen LogP contribution in [0.25, 0.3) is 0 Å². The van der Waals surface area contributed by atoms with Crippen LogP contribution >= 0.6 is 0 Å². The molecule has 5 atom stereocenters. The average Bonchev–Trinajstić information content (AvgIpc) is 3.11. The van der Waals surface area contributed by atoms with Gasteiger partial charge in [-0.2, -0.15) is 0 Å². The van der Waals surface area contributed by atoms with E-state index in [0.29, 0.717) is 11.8 Å². The second kappa shape index (κ2) is 4.33. The Labute approximate surface area is 132 Å². The number of para-hydroxylation sites is 1. The minimum absolute atomic E-state index is 0.0573. The van der Waals surface area contributed by atoms with E-state index in [1.807, 2.05) is 30.3 Å². The molecule has 1 N–H and O–H groups in total. The Morgan fingerprint density at radius 2 is 1.86 bits per heavy atom.